The molecule has 1 aromatic rings. The van der Waals surface area contributed by atoms with Crippen molar-refractivity contribution in [3.05, 3.63) is 29.6 Å². The van der Waals surface area contributed by atoms with E-state index in [1.807, 2.05) is 13.0 Å². The van der Waals surface area contributed by atoms with Gasteiger partial charge in [-0.3, -0.25) is 0 Å². The fourth-order valence-electron chi connectivity index (χ4n) is 3.03. The van der Waals surface area contributed by atoms with Crippen molar-refractivity contribution in [3.63, 3.8) is 0 Å². The van der Waals surface area contributed by atoms with Gasteiger partial charge in [-0.05, 0) is 51.3 Å². The number of piperidine rings is 1. The molecular weight excluding hydrogens is 239 g/mol. The Labute approximate surface area is 116 Å². The molecule has 2 nitrogen and oxygen atoms in total. The summed E-state index contributed by atoms with van der Waals surface area (Å²) in [5.41, 5.74) is 1.83. The first kappa shape index (κ1) is 14.3. The van der Waals surface area contributed by atoms with Crippen LogP contribution in [0.5, 0.6) is 0 Å². The molecule has 0 radical (unpaired) electrons. The molecule has 106 valence electrons. The molecule has 2 unspecified atom stereocenters. The normalized spacial score (nSPS) is 23.7. The molecule has 0 bridgehead atoms. The smallest absolute Gasteiger partial charge is 0.146 e. The summed E-state index contributed by atoms with van der Waals surface area (Å²) >= 11 is 0. The molecule has 1 N–H and O–H groups in total. The molecule has 0 spiro atoms. The molecule has 2 rings (SSSR count). The van der Waals surface area contributed by atoms with Crippen LogP contribution in [0.25, 0.3) is 0 Å². The number of nitrogens with one attached hydrogen (secondary N) is 1. The zero-order valence-electron chi connectivity index (χ0n) is 12.2. The highest BCUT2D eigenvalue weighted by Crippen LogP contribution is 2.30. The summed E-state index contributed by atoms with van der Waals surface area (Å²) in [6.07, 6.45) is 3.35. The molecule has 0 amide bonds. The van der Waals surface area contributed by atoms with Crippen LogP contribution < -0.4 is 10.2 Å². The van der Waals surface area contributed by atoms with Crippen molar-refractivity contribution in [2.24, 2.45) is 0 Å². The molecule has 0 aliphatic carbocycles. The van der Waals surface area contributed by atoms with Crippen molar-refractivity contribution in [1.29, 1.82) is 0 Å². The summed E-state index contributed by atoms with van der Waals surface area (Å²) in [4.78, 5) is 2.23. The minimum Gasteiger partial charge on any atom is -0.366 e. The number of rotatable bonds is 4. The number of hydrogen-bond donors (Lipinski definition) is 1. The van der Waals surface area contributed by atoms with E-state index in [0.717, 1.165) is 37.2 Å². The molecular formula is C16H25FN2. The van der Waals surface area contributed by atoms with Gasteiger partial charge in [0.05, 0.1) is 5.69 Å². The third-order valence-corrected chi connectivity index (χ3v) is 4.03. The van der Waals surface area contributed by atoms with Gasteiger partial charge in [0, 0.05) is 18.6 Å². The topological polar surface area (TPSA) is 15.3 Å². The van der Waals surface area contributed by atoms with Crippen molar-refractivity contribution >= 4 is 5.69 Å². The van der Waals surface area contributed by atoms with Gasteiger partial charge in [-0.2, -0.15) is 0 Å². The number of halogens is 1. The van der Waals surface area contributed by atoms with Gasteiger partial charge >= 0.3 is 0 Å². The maximum atomic E-state index is 14.1. The van der Waals surface area contributed by atoms with E-state index >= 15 is 0 Å². The maximum absolute atomic E-state index is 14.1. The lowest BCUT2D eigenvalue weighted by atomic mass is 9.96. The van der Waals surface area contributed by atoms with Crippen LogP contribution in [0, 0.1) is 12.7 Å². The van der Waals surface area contributed by atoms with E-state index in [1.165, 1.54) is 6.42 Å². The predicted octanol–water partition coefficient (Wildman–Crippen LogP) is 3.49. The molecule has 19 heavy (non-hydrogen) atoms. The van der Waals surface area contributed by atoms with Gasteiger partial charge in [-0.25, -0.2) is 4.39 Å². The van der Waals surface area contributed by atoms with Crippen LogP contribution in [0.4, 0.5) is 10.1 Å². The van der Waals surface area contributed by atoms with Crippen molar-refractivity contribution < 1.29 is 4.39 Å². The number of aryl methyl sites for hydroxylation is 1. The molecule has 0 saturated carbocycles. The average molecular weight is 264 g/mol. The molecule has 0 aromatic heterocycles. The molecule has 1 aromatic carbocycles. The summed E-state index contributed by atoms with van der Waals surface area (Å²) in [7, 11) is 0. The van der Waals surface area contributed by atoms with Gasteiger partial charge in [-0.15, -0.1) is 0 Å². The van der Waals surface area contributed by atoms with Crippen LogP contribution in [0.1, 0.15) is 38.7 Å². The van der Waals surface area contributed by atoms with Crippen molar-refractivity contribution in [1.82, 2.24) is 5.32 Å². The average Bonchev–Trinajstić information content (AvgIpc) is 2.38. The molecule has 1 aliphatic heterocycles. The Bertz CT molecular complexity index is 399. The number of benzene rings is 1. The number of hydrogen-bond acceptors (Lipinski definition) is 2. The van der Waals surface area contributed by atoms with E-state index in [1.54, 1.807) is 12.1 Å². The monoisotopic (exact) mass is 264 g/mol. The van der Waals surface area contributed by atoms with Crippen LogP contribution in [0.15, 0.2) is 18.2 Å². The van der Waals surface area contributed by atoms with E-state index in [9.17, 15) is 4.39 Å². The lowest BCUT2D eigenvalue weighted by Gasteiger charge is -2.40. The summed E-state index contributed by atoms with van der Waals surface area (Å²) < 4.78 is 14.1. The lowest BCUT2D eigenvalue weighted by molar-refractivity contribution is 0.366. The quantitative estimate of drug-likeness (QED) is 0.895. The van der Waals surface area contributed by atoms with E-state index < -0.39 is 0 Å². The Kier molecular flexibility index (Phi) is 4.81. The first-order valence-electron chi connectivity index (χ1n) is 7.38. The van der Waals surface area contributed by atoms with Crippen LogP contribution in [-0.2, 0) is 0 Å². The third kappa shape index (κ3) is 3.27. The second-order valence-corrected chi connectivity index (χ2v) is 5.62. The Hall–Kier alpha value is -1.09. The van der Waals surface area contributed by atoms with Crippen LogP contribution >= 0.6 is 0 Å². The van der Waals surface area contributed by atoms with E-state index in [4.69, 9.17) is 0 Å². The van der Waals surface area contributed by atoms with Crippen molar-refractivity contribution in [2.45, 2.75) is 52.1 Å². The largest absolute Gasteiger partial charge is 0.366 e. The number of anilines is 1. The fraction of sp³-hybridized carbons (Fsp3) is 0.625. The SMILES string of the molecule is CCCNC1CCN(c2c(C)cccc2F)C(C)C1. The second-order valence-electron chi connectivity index (χ2n) is 5.62. The van der Waals surface area contributed by atoms with E-state index in [0.29, 0.717) is 12.1 Å². The minimum absolute atomic E-state index is 0.0909. The summed E-state index contributed by atoms with van der Waals surface area (Å²) in [6.45, 7) is 8.40. The molecule has 1 aliphatic rings. The van der Waals surface area contributed by atoms with Crippen molar-refractivity contribution in [2.75, 3.05) is 18.0 Å². The standard InChI is InChI=1S/C16H25FN2/c1-4-9-18-14-8-10-19(13(3)11-14)16-12(2)6-5-7-15(16)17/h5-7,13-14,18H,4,8-11H2,1-3H3. The fourth-order valence-corrected chi connectivity index (χ4v) is 3.03. The van der Waals surface area contributed by atoms with Crippen LogP contribution in [-0.4, -0.2) is 25.2 Å². The van der Waals surface area contributed by atoms with Crippen LogP contribution in [0.2, 0.25) is 0 Å². The molecule has 3 heteroatoms. The van der Waals surface area contributed by atoms with Gasteiger partial charge in [-0.1, -0.05) is 19.1 Å². The molecule has 1 saturated heterocycles. The highest BCUT2D eigenvalue weighted by atomic mass is 19.1. The second kappa shape index (κ2) is 6.38. The van der Waals surface area contributed by atoms with Gasteiger partial charge < -0.3 is 10.2 Å². The zero-order valence-corrected chi connectivity index (χ0v) is 12.2. The van der Waals surface area contributed by atoms with E-state index in [2.05, 4.69) is 24.1 Å². The molecule has 2 atom stereocenters. The molecule has 1 heterocycles. The predicted molar refractivity (Wildman–Crippen MR) is 79.3 cm³/mol. The Morgan fingerprint density at radius 1 is 1.42 bits per heavy atom. The number of para-hydroxylation sites is 1. The Morgan fingerprint density at radius 2 is 2.21 bits per heavy atom. The highest BCUT2D eigenvalue weighted by molar-refractivity contribution is 5.55. The first-order chi connectivity index (χ1) is 9.13. The summed E-state index contributed by atoms with van der Waals surface area (Å²) in [5.74, 6) is -0.0909. The highest BCUT2D eigenvalue weighted by Gasteiger charge is 2.27. The first-order valence-corrected chi connectivity index (χ1v) is 7.38. The third-order valence-electron chi connectivity index (χ3n) is 4.03. The minimum atomic E-state index is -0.0909. The number of nitrogens with zero attached hydrogens (tertiary/aromatic N) is 1. The Morgan fingerprint density at radius 3 is 2.84 bits per heavy atom. The lowest BCUT2D eigenvalue weighted by Crippen LogP contribution is -2.48. The van der Waals surface area contributed by atoms with Gasteiger partial charge in [0.15, 0.2) is 0 Å². The van der Waals surface area contributed by atoms with Gasteiger partial charge in [0.1, 0.15) is 5.82 Å². The van der Waals surface area contributed by atoms with Gasteiger partial charge in [0.2, 0.25) is 0 Å². The summed E-state index contributed by atoms with van der Waals surface area (Å²) in [5, 5.41) is 3.58. The molecule has 1 fully saturated rings. The van der Waals surface area contributed by atoms with Crippen molar-refractivity contribution in [3.8, 4) is 0 Å². The zero-order chi connectivity index (χ0) is 13.8. The van der Waals surface area contributed by atoms with Gasteiger partial charge in [0.25, 0.3) is 0 Å². The van der Waals surface area contributed by atoms with Crippen LogP contribution in [0.3, 0.4) is 0 Å². The maximum Gasteiger partial charge on any atom is 0.146 e. The summed E-state index contributed by atoms with van der Waals surface area (Å²) in [6, 6.07) is 6.31. The van der Waals surface area contributed by atoms with E-state index in [-0.39, 0.29) is 5.82 Å². The Balaban J connectivity index is 2.07.